The van der Waals surface area contributed by atoms with Crippen molar-refractivity contribution >= 4 is 86.2 Å². The number of hydrogen-bond donors (Lipinski definition) is 1. The first-order valence-electron chi connectivity index (χ1n) is 9.04. The molecule has 1 N–H and O–H groups in total. The summed E-state index contributed by atoms with van der Waals surface area (Å²) in [4.78, 5) is 25.2. The Bertz CT molecular complexity index is 1140. The predicted molar refractivity (Wildman–Crippen MR) is 131 cm³/mol. The molecule has 11 heteroatoms. The average Bonchev–Trinajstić information content (AvgIpc) is 3.20. The second-order valence-electron chi connectivity index (χ2n) is 6.18. The average molecular weight is 554 g/mol. The number of carbonyl (C=O) groups excluding carboxylic acids is 2. The highest BCUT2D eigenvalue weighted by molar-refractivity contribution is 7.15. The van der Waals surface area contributed by atoms with Gasteiger partial charge in [-0.3, -0.25) is 4.79 Å². The normalized spacial score (nSPS) is 10.7. The standard InChI is InChI=1S/C21H14Cl5NO4S/c1-2-30-21(29)13-11(10-6-4-3-5-7-10)9-32-20(13)27-12(28)8-31-19-17(25)15(23)14(22)16(24)18(19)26/h3-7,9H,2,8H2,1H3,(H,27,28). The van der Waals surface area contributed by atoms with Crippen LogP contribution in [-0.4, -0.2) is 25.1 Å². The molecular formula is C21H14Cl5NO4S. The van der Waals surface area contributed by atoms with E-state index in [1.54, 1.807) is 12.3 Å². The number of benzene rings is 2. The van der Waals surface area contributed by atoms with Crippen molar-refractivity contribution in [2.45, 2.75) is 6.92 Å². The van der Waals surface area contributed by atoms with Gasteiger partial charge in [0.1, 0.15) is 20.6 Å². The maximum Gasteiger partial charge on any atom is 0.341 e. The first-order valence-corrected chi connectivity index (χ1v) is 11.8. The van der Waals surface area contributed by atoms with Crippen LogP contribution in [0.4, 0.5) is 5.00 Å². The summed E-state index contributed by atoms with van der Waals surface area (Å²) in [6.45, 7) is 1.41. The molecule has 3 rings (SSSR count). The first-order chi connectivity index (χ1) is 15.3. The Morgan fingerprint density at radius 3 is 2.12 bits per heavy atom. The van der Waals surface area contributed by atoms with Crippen LogP contribution in [-0.2, 0) is 9.53 Å². The van der Waals surface area contributed by atoms with E-state index in [0.29, 0.717) is 10.6 Å². The lowest BCUT2D eigenvalue weighted by molar-refractivity contribution is -0.118. The number of ether oxygens (including phenoxy) is 2. The molecule has 0 spiro atoms. The smallest absolute Gasteiger partial charge is 0.341 e. The number of nitrogens with one attached hydrogen (secondary N) is 1. The number of halogens is 5. The Morgan fingerprint density at radius 1 is 0.938 bits per heavy atom. The zero-order valence-corrected chi connectivity index (χ0v) is 20.9. The van der Waals surface area contributed by atoms with E-state index in [2.05, 4.69) is 5.32 Å². The van der Waals surface area contributed by atoms with E-state index < -0.39 is 18.5 Å². The van der Waals surface area contributed by atoms with Gasteiger partial charge in [0.05, 0.1) is 21.7 Å². The summed E-state index contributed by atoms with van der Waals surface area (Å²) in [6.07, 6.45) is 0. The highest BCUT2D eigenvalue weighted by Gasteiger charge is 2.24. The third kappa shape index (κ3) is 5.28. The molecular weight excluding hydrogens is 540 g/mol. The zero-order valence-electron chi connectivity index (χ0n) is 16.3. The Balaban J connectivity index is 1.83. The largest absolute Gasteiger partial charge is 0.481 e. The van der Waals surface area contributed by atoms with Gasteiger partial charge >= 0.3 is 5.97 Å². The second kappa shape index (κ2) is 11.0. The van der Waals surface area contributed by atoms with Crippen molar-refractivity contribution in [3.63, 3.8) is 0 Å². The summed E-state index contributed by atoms with van der Waals surface area (Å²) < 4.78 is 10.6. The Morgan fingerprint density at radius 2 is 1.53 bits per heavy atom. The first kappa shape index (κ1) is 25.0. The summed E-state index contributed by atoms with van der Waals surface area (Å²) in [7, 11) is 0. The van der Waals surface area contributed by atoms with Gasteiger partial charge in [0.25, 0.3) is 5.91 Å². The molecule has 3 aromatic rings. The Labute approximate surface area is 213 Å². The highest BCUT2D eigenvalue weighted by atomic mass is 35.5. The molecule has 2 aromatic carbocycles. The third-order valence-corrected chi connectivity index (χ3v) is 7.26. The van der Waals surface area contributed by atoms with Crippen molar-refractivity contribution in [1.82, 2.24) is 0 Å². The molecule has 0 atom stereocenters. The van der Waals surface area contributed by atoms with Gasteiger partial charge in [-0.25, -0.2) is 4.79 Å². The minimum atomic E-state index is -0.564. The Kier molecular flexibility index (Phi) is 8.55. The van der Waals surface area contributed by atoms with Crippen molar-refractivity contribution in [1.29, 1.82) is 0 Å². The van der Waals surface area contributed by atoms with Crippen LogP contribution >= 0.6 is 69.3 Å². The van der Waals surface area contributed by atoms with Gasteiger partial charge in [-0.05, 0) is 12.5 Å². The number of anilines is 1. The summed E-state index contributed by atoms with van der Waals surface area (Å²) in [5.41, 5.74) is 1.71. The molecule has 0 aliphatic heterocycles. The molecule has 1 aromatic heterocycles. The van der Waals surface area contributed by atoms with Crippen LogP contribution in [0.1, 0.15) is 17.3 Å². The van der Waals surface area contributed by atoms with E-state index in [4.69, 9.17) is 67.5 Å². The molecule has 0 saturated carbocycles. The van der Waals surface area contributed by atoms with Gasteiger partial charge in [0.2, 0.25) is 0 Å². The van der Waals surface area contributed by atoms with E-state index in [1.807, 2.05) is 30.3 Å². The van der Waals surface area contributed by atoms with Crippen LogP contribution in [0.2, 0.25) is 25.1 Å². The topological polar surface area (TPSA) is 64.6 Å². The highest BCUT2D eigenvalue weighted by Crippen LogP contribution is 2.48. The fourth-order valence-electron chi connectivity index (χ4n) is 2.70. The molecule has 0 aliphatic carbocycles. The molecule has 168 valence electrons. The molecule has 1 amide bonds. The summed E-state index contributed by atoms with van der Waals surface area (Å²) in [6, 6.07) is 9.29. The van der Waals surface area contributed by atoms with Gasteiger partial charge in [-0.2, -0.15) is 0 Å². The van der Waals surface area contributed by atoms with Crippen molar-refractivity contribution in [2.24, 2.45) is 0 Å². The van der Waals surface area contributed by atoms with E-state index >= 15 is 0 Å². The molecule has 32 heavy (non-hydrogen) atoms. The van der Waals surface area contributed by atoms with Crippen molar-refractivity contribution in [3.05, 3.63) is 66.4 Å². The minimum absolute atomic E-state index is 0.0220. The maximum atomic E-state index is 12.6. The lowest BCUT2D eigenvalue weighted by Crippen LogP contribution is -2.21. The summed E-state index contributed by atoms with van der Waals surface area (Å²) in [5, 5.41) is 4.49. The fourth-order valence-corrected chi connectivity index (χ4v) is 4.90. The second-order valence-corrected chi connectivity index (χ2v) is 8.95. The van der Waals surface area contributed by atoms with Crippen LogP contribution in [0.3, 0.4) is 0 Å². The quantitative estimate of drug-likeness (QED) is 0.184. The molecule has 0 fully saturated rings. The van der Waals surface area contributed by atoms with Gasteiger partial charge in [-0.1, -0.05) is 88.3 Å². The number of rotatable bonds is 7. The van der Waals surface area contributed by atoms with Crippen molar-refractivity contribution < 1.29 is 19.1 Å². The molecule has 0 radical (unpaired) electrons. The maximum absolute atomic E-state index is 12.6. The van der Waals surface area contributed by atoms with Crippen LogP contribution in [0.15, 0.2) is 35.7 Å². The van der Waals surface area contributed by atoms with Crippen LogP contribution in [0, 0.1) is 0 Å². The van der Waals surface area contributed by atoms with Gasteiger partial charge < -0.3 is 14.8 Å². The molecule has 0 aliphatic rings. The fraction of sp³-hybridized carbons (Fsp3) is 0.143. The molecule has 0 saturated heterocycles. The molecule has 0 bridgehead atoms. The minimum Gasteiger partial charge on any atom is -0.481 e. The lowest BCUT2D eigenvalue weighted by Gasteiger charge is -2.14. The number of hydrogen-bond acceptors (Lipinski definition) is 5. The van der Waals surface area contributed by atoms with Gasteiger partial charge in [-0.15, -0.1) is 11.3 Å². The van der Waals surface area contributed by atoms with Gasteiger partial charge in [0, 0.05) is 10.9 Å². The van der Waals surface area contributed by atoms with Crippen molar-refractivity contribution in [2.75, 3.05) is 18.5 Å². The predicted octanol–water partition coefficient (Wildman–Crippen LogP) is 7.88. The number of thiophene rings is 1. The number of amides is 1. The van der Waals surface area contributed by atoms with Crippen LogP contribution in [0.25, 0.3) is 11.1 Å². The van der Waals surface area contributed by atoms with Gasteiger partial charge in [0.15, 0.2) is 12.4 Å². The molecule has 1 heterocycles. The van der Waals surface area contributed by atoms with E-state index in [-0.39, 0.29) is 43.0 Å². The SMILES string of the molecule is CCOC(=O)c1c(-c2ccccc2)csc1NC(=O)COc1c(Cl)c(Cl)c(Cl)c(Cl)c1Cl. The monoisotopic (exact) mass is 551 g/mol. The van der Waals surface area contributed by atoms with Crippen LogP contribution < -0.4 is 10.1 Å². The van der Waals surface area contributed by atoms with Crippen LogP contribution in [0.5, 0.6) is 5.75 Å². The number of esters is 1. The Hall–Kier alpha value is -1.67. The summed E-state index contributed by atoms with van der Waals surface area (Å²) in [5.74, 6) is -1.19. The van der Waals surface area contributed by atoms with E-state index in [1.165, 1.54) is 11.3 Å². The van der Waals surface area contributed by atoms with Crippen molar-refractivity contribution in [3.8, 4) is 16.9 Å². The lowest BCUT2D eigenvalue weighted by atomic mass is 10.0. The van der Waals surface area contributed by atoms with E-state index in [9.17, 15) is 9.59 Å². The zero-order chi connectivity index (χ0) is 23.4. The number of carbonyl (C=O) groups is 2. The summed E-state index contributed by atoms with van der Waals surface area (Å²) >= 11 is 31.4. The molecule has 5 nitrogen and oxygen atoms in total. The van der Waals surface area contributed by atoms with E-state index in [0.717, 1.165) is 5.56 Å². The third-order valence-electron chi connectivity index (χ3n) is 4.13. The molecule has 0 unspecified atom stereocenters.